The molecule has 0 spiro atoms. The van der Waals surface area contributed by atoms with Gasteiger partial charge in [-0.3, -0.25) is 13.4 Å². The molecule has 0 unspecified atom stereocenters. The van der Waals surface area contributed by atoms with Gasteiger partial charge in [-0.2, -0.15) is 0 Å². The van der Waals surface area contributed by atoms with Crippen LogP contribution in [-0.2, 0) is 59.9 Å². The second-order valence-corrected chi connectivity index (χ2v) is 40.9. The molecule has 0 bridgehead atoms. The fourth-order valence-electron chi connectivity index (χ4n) is 15.1. The van der Waals surface area contributed by atoms with Crippen molar-refractivity contribution in [1.29, 1.82) is 0 Å². The largest absolute Gasteiger partial charge is 0.399 e. The van der Waals surface area contributed by atoms with Gasteiger partial charge in [-0.1, -0.05) is 258 Å². The Hall–Kier alpha value is -5.47. The van der Waals surface area contributed by atoms with Crippen molar-refractivity contribution in [2.24, 2.45) is 17.3 Å². The van der Waals surface area contributed by atoms with Crippen LogP contribution < -0.4 is 9.05 Å². The molecule has 0 N–H and O–H groups in total. The van der Waals surface area contributed by atoms with E-state index in [9.17, 15) is 0 Å². The molecule has 6 aromatic carbocycles. The van der Waals surface area contributed by atoms with Crippen molar-refractivity contribution in [3.8, 4) is 0 Å². The number of allylic oxidation sites excluding steroid dienone is 1. The lowest BCUT2D eigenvalue weighted by Gasteiger charge is -2.56. The third kappa shape index (κ3) is 13.8. The zero-order chi connectivity index (χ0) is 70.2. The van der Waals surface area contributed by atoms with Crippen molar-refractivity contribution in [2.45, 2.75) is 279 Å². The molecule has 3 atom stereocenters. The normalized spacial score (nSPS) is 19.0. The van der Waals surface area contributed by atoms with Crippen LogP contribution in [0.4, 0.5) is 0 Å². The molecule has 9 nitrogen and oxygen atoms in total. The summed E-state index contributed by atoms with van der Waals surface area (Å²) in [6.07, 6.45) is 5.88. The van der Waals surface area contributed by atoms with Crippen molar-refractivity contribution < 1.29 is 34.3 Å². The molecule has 8 aromatic rings. The lowest BCUT2D eigenvalue weighted by atomic mass is 9.55. The highest BCUT2D eigenvalue weighted by atomic mass is 32.2. The minimum absolute atomic E-state index is 0.0233. The van der Waals surface area contributed by atoms with Gasteiger partial charge in [0.05, 0.1) is 29.6 Å². The summed E-state index contributed by atoms with van der Waals surface area (Å²) < 4.78 is 81.3. The Labute approximate surface area is 578 Å². The summed E-state index contributed by atoms with van der Waals surface area (Å²) >= 11 is 0. The average Bonchev–Trinajstić information content (AvgIpc) is 1.41. The SMILES string of the molecule is Cc1ccc(S(=O)(=O)N(Cc2ccccc2)C2=C(C3CCCCC3)[C@@H]3CC[C@H](Op4oc5c(C(C)(C)C)cc(C(C)(C)C)cc5c5cc(C(C)(C)C)cc(C(C)(C)C)c5o4)[C@]23COp2oc3c(C(C)(C)C)cc(C(C)(C)C)cc3c3cc(C(C)(C)C)cc(C(C)(C)C)c3o2)cc1. The highest BCUT2D eigenvalue weighted by Crippen LogP contribution is 2.67. The monoisotopic (exact) mass is 1360 g/mol. The maximum atomic E-state index is 16.5. The Bertz CT molecular complexity index is 4320. The predicted octanol–water partition coefficient (Wildman–Crippen LogP) is 24.6. The fourth-order valence-corrected chi connectivity index (χ4v) is 19.1. The van der Waals surface area contributed by atoms with Gasteiger partial charge >= 0.3 is 16.5 Å². The average molecular weight is 1360 g/mol. The maximum absolute atomic E-state index is 16.5. The standard InChI is InChI=1S/C84H113NO8P2S/c1-52-36-38-59(39-37-52)96(86,87)85(50-53-32-28-26-29-33-53)75-70(54-34-30-27-31-35-54)64-40-41-69(89-95-92-73-62(44-57(78(8,9)10)48-67(73)82(20,21)22)63-45-58(79(11,12)13)49-68(74(63)93-95)83(23,24)25)84(64,75)51-88-94-90-71-60(42-55(76(2,3)4)46-65(71)80(14,15)16)61-43-56(77(5,6)7)47-66(72(61)91-94)81(17,18)19/h26,28-29,32-33,36-39,42-49,54,64,69H,27,30-31,34-35,40-41,50-51H2,1-25H3/t64-,69-,84+/m0/s1. The quantitative estimate of drug-likeness (QED) is 0.126. The predicted molar refractivity (Wildman–Crippen MR) is 403 cm³/mol. The molecule has 2 aromatic heterocycles. The highest BCUT2D eigenvalue weighted by molar-refractivity contribution is 7.89. The number of hydrogen-bond donors (Lipinski definition) is 0. The van der Waals surface area contributed by atoms with E-state index in [0.717, 1.165) is 121 Å². The van der Waals surface area contributed by atoms with E-state index in [1.165, 1.54) is 27.8 Å². The number of sulfonamides is 1. The van der Waals surface area contributed by atoms with Crippen LogP contribution in [0.3, 0.4) is 0 Å². The van der Waals surface area contributed by atoms with Crippen LogP contribution in [0.5, 0.6) is 0 Å². The lowest BCUT2D eigenvalue weighted by Crippen LogP contribution is -2.58. The molecule has 0 saturated heterocycles. The number of aryl methyl sites for hydroxylation is 1. The maximum Gasteiger partial charge on any atom is 0.387 e. The van der Waals surface area contributed by atoms with Crippen LogP contribution in [0, 0.1) is 24.2 Å². The Morgan fingerprint density at radius 3 is 1.20 bits per heavy atom. The fraction of sp³-hybridized carbons (Fsp3) is 0.548. The first kappa shape index (κ1) is 71.8. The van der Waals surface area contributed by atoms with Crippen molar-refractivity contribution in [3.05, 3.63) is 170 Å². The topological polar surface area (TPSA) is 108 Å². The van der Waals surface area contributed by atoms with Gasteiger partial charge in [-0.05, 0) is 158 Å². The number of benzene rings is 6. The zero-order valence-corrected chi connectivity index (χ0v) is 65.5. The van der Waals surface area contributed by atoms with E-state index in [-0.39, 0.29) is 73.2 Å². The number of fused-ring (bicyclic) bond motifs is 7. The van der Waals surface area contributed by atoms with E-state index in [2.05, 4.69) is 215 Å². The van der Waals surface area contributed by atoms with Gasteiger partial charge in [0.25, 0.3) is 10.0 Å². The van der Waals surface area contributed by atoms with Gasteiger partial charge < -0.3 is 16.8 Å². The van der Waals surface area contributed by atoms with Gasteiger partial charge in [-0.15, -0.1) is 0 Å². The summed E-state index contributed by atoms with van der Waals surface area (Å²) in [5.41, 5.74) is 12.6. The molecule has 0 radical (unpaired) electrons. The summed E-state index contributed by atoms with van der Waals surface area (Å²) in [5.74, 6) is 0.0188. The first-order chi connectivity index (χ1) is 44.3. The van der Waals surface area contributed by atoms with Crippen molar-refractivity contribution in [2.75, 3.05) is 6.61 Å². The Kier molecular flexibility index (Phi) is 18.7. The summed E-state index contributed by atoms with van der Waals surface area (Å²) in [7, 11) is -8.85. The first-order valence-corrected chi connectivity index (χ1v) is 39.2. The molecular formula is C84H113NO8P2S. The molecule has 12 heteroatoms. The first-order valence-electron chi connectivity index (χ1n) is 35.5. The van der Waals surface area contributed by atoms with Gasteiger partial charge in [0.2, 0.25) is 0 Å². The third-order valence-electron chi connectivity index (χ3n) is 21.0. The molecule has 3 aliphatic carbocycles. The van der Waals surface area contributed by atoms with Gasteiger partial charge in [0, 0.05) is 49.5 Å². The van der Waals surface area contributed by atoms with E-state index < -0.39 is 38.0 Å². The Balaban J connectivity index is 1.26. The molecule has 11 rings (SSSR count). The Morgan fingerprint density at radius 1 is 0.458 bits per heavy atom. The van der Waals surface area contributed by atoms with Gasteiger partial charge in [-0.25, -0.2) is 8.42 Å². The van der Waals surface area contributed by atoms with Crippen LogP contribution in [0.1, 0.15) is 267 Å². The van der Waals surface area contributed by atoms with E-state index in [0.29, 0.717) is 6.42 Å². The van der Waals surface area contributed by atoms with Crippen molar-refractivity contribution >= 4 is 70.4 Å². The van der Waals surface area contributed by atoms with Crippen LogP contribution in [-0.4, -0.2) is 25.4 Å². The minimum atomic E-state index is -4.30. The molecule has 2 saturated carbocycles. The summed E-state index contributed by atoms with van der Waals surface area (Å²) in [6.45, 7) is 56.6. The second-order valence-electron chi connectivity index (χ2n) is 36.9. The van der Waals surface area contributed by atoms with E-state index in [1.807, 2.05) is 49.4 Å². The Morgan fingerprint density at radius 2 is 0.833 bits per heavy atom. The van der Waals surface area contributed by atoms with Crippen LogP contribution in [0.25, 0.3) is 43.9 Å². The van der Waals surface area contributed by atoms with Gasteiger partial charge in [0.15, 0.2) is 0 Å². The molecule has 2 fully saturated rings. The number of nitrogens with zero attached hydrogens (tertiary/aromatic N) is 1. The van der Waals surface area contributed by atoms with Crippen LogP contribution in [0.2, 0.25) is 0 Å². The molecular weight excluding hydrogens is 1240 g/mol. The van der Waals surface area contributed by atoms with Crippen molar-refractivity contribution in [3.63, 3.8) is 0 Å². The van der Waals surface area contributed by atoms with E-state index in [4.69, 9.17) is 25.8 Å². The minimum Gasteiger partial charge on any atom is -0.399 e. The molecule has 96 heavy (non-hydrogen) atoms. The number of hydrogen-bond acceptors (Lipinski definition) is 8. The highest BCUT2D eigenvalue weighted by Gasteiger charge is 2.67. The summed E-state index contributed by atoms with van der Waals surface area (Å²) in [4.78, 5) is 0.234. The summed E-state index contributed by atoms with van der Waals surface area (Å²) in [5, 5.41) is 3.92. The van der Waals surface area contributed by atoms with Crippen LogP contribution in [0.15, 0.2) is 136 Å². The molecule has 0 aliphatic heterocycles. The number of rotatable bonds is 11. The lowest BCUT2D eigenvalue weighted by molar-refractivity contribution is 0.0223. The molecule has 2 heterocycles. The molecule has 3 aliphatic rings. The van der Waals surface area contributed by atoms with Crippen molar-refractivity contribution in [1.82, 2.24) is 4.31 Å². The summed E-state index contributed by atoms with van der Waals surface area (Å²) in [6, 6.07) is 36.1. The van der Waals surface area contributed by atoms with Crippen LogP contribution >= 0.6 is 16.5 Å². The second kappa shape index (κ2) is 25.0. The smallest absolute Gasteiger partial charge is 0.387 e. The molecule has 0 amide bonds. The third-order valence-corrected chi connectivity index (χ3v) is 24.8. The van der Waals surface area contributed by atoms with Gasteiger partial charge in [0.1, 0.15) is 22.3 Å². The van der Waals surface area contributed by atoms with E-state index in [1.54, 1.807) is 16.4 Å². The zero-order valence-electron chi connectivity index (χ0n) is 62.9. The molecule has 518 valence electrons. The van der Waals surface area contributed by atoms with E-state index >= 15 is 8.42 Å².